The maximum atomic E-state index is 14.4. The van der Waals surface area contributed by atoms with Crippen LogP contribution < -0.4 is 5.32 Å². The first-order chi connectivity index (χ1) is 16.1. The second kappa shape index (κ2) is 11.4. The fourth-order valence-corrected chi connectivity index (χ4v) is 4.19. The van der Waals surface area contributed by atoms with Gasteiger partial charge in [-0.3, -0.25) is 9.59 Å². The van der Waals surface area contributed by atoms with Crippen LogP contribution in [0.3, 0.4) is 0 Å². The van der Waals surface area contributed by atoms with Gasteiger partial charge < -0.3 is 10.2 Å². The predicted molar refractivity (Wildman–Crippen MR) is 137 cm³/mol. The van der Waals surface area contributed by atoms with Crippen LogP contribution in [-0.4, -0.2) is 28.3 Å². The van der Waals surface area contributed by atoms with E-state index in [0.717, 1.165) is 15.6 Å². The average Bonchev–Trinajstić information content (AvgIpc) is 2.77. The van der Waals surface area contributed by atoms with Crippen molar-refractivity contribution < 1.29 is 14.0 Å². The van der Waals surface area contributed by atoms with Crippen molar-refractivity contribution in [1.29, 1.82) is 0 Å². The molecule has 0 aliphatic rings. The van der Waals surface area contributed by atoms with Crippen LogP contribution in [0.1, 0.15) is 37.5 Å². The monoisotopic (exact) mass is 524 g/mol. The third-order valence-corrected chi connectivity index (χ3v) is 5.80. The van der Waals surface area contributed by atoms with Crippen molar-refractivity contribution in [3.63, 3.8) is 0 Å². The van der Waals surface area contributed by atoms with Crippen LogP contribution in [-0.2, 0) is 29.0 Å². The molecule has 0 aromatic heterocycles. The van der Waals surface area contributed by atoms with E-state index in [4.69, 9.17) is 0 Å². The first-order valence-corrected chi connectivity index (χ1v) is 12.0. The zero-order valence-electron chi connectivity index (χ0n) is 19.7. The number of benzene rings is 3. The Morgan fingerprint density at radius 1 is 0.941 bits per heavy atom. The van der Waals surface area contributed by atoms with E-state index in [2.05, 4.69) is 21.2 Å². The highest BCUT2D eigenvalue weighted by molar-refractivity contribution is 9.10. The highest BCUT2D eigenvalue weighted by Crippen LogP contribution is 2.20. The van der Waals surface area contributed by atoms with Crippen molar-refractivity contribution in [2.75, 3.05) is 0 Å². The summed E-state index contributed by atoms with van der Waals surface area (Å²) in [4.78, 5) is 28.7. The van der Waals surface area contributed by atoms with E-state index in [9.17, 15) is 14.0 Å². The van der Waals surface area contributed by atoms with Crippen molar-refractivity contribution in [3.05, 3.63) is 106 Å². The van der Waals surface area contributed by atoms with E-state index >= 15 is 0 Å². The minimum absolute atomic E-state index is 0.130. The maximum Gasteiger partial charge on any atom is 0.243 e. The molecule has 3 aromatic rings. The van der Waals surface area contributed by atoms with Gasteiger partial charge in [-0.05, 0) is 55.7 Å². The van der Waals surface area contributed by atoms with Gasteiger partial charge in [0.2, 0.25) is 11.8 Å². The number of rotatable bonds is 8. The standard InChI is InChI=1S/C28H30BrFN2O2/c1-28(2,3)31-27(34)25(17-20-10-5-4-6-11-20)32(19-21-12-9-14-23(29)16-21)26(33)18-22-13-7-8-15-24(22)30/h4-16,25H,17-19H2,1-3H3,(H,31,34)/t25-/m1/s1. The number of halogens is 2. The molecule has 0 heterocycles. The number of hydrogen-bond acceptors (Lipinski definition) is 2. The van der Waals surface area contributed by atoms with Crippen LogP contribution in [0.15, 0.2) is 83.3 Å². The Labute approximate surface area is 209 Å². The Hall–Kier alpha value is -2.99. The number of amides is 2. The van der Waals surface area contributed by atoms with Gasteiger partial charge in [-0.25, -0.2) is 4.39 Å². The van der Waals surface area contributed by atoms with Gasteiger partial charge in [0.15, 0.2) is 0 Å². The first kappa shape index (κ1) is 25.6. The van der Waals surface area contributed by atoms with E-state index in [0.29, 0.717) is 12.0 Å². The number of nitrogens with zero attached hydrogens (tertiary/aromatic N) is 1. The van der Waals surface area contributed by atoms with E-state index < -0.39 is 17.4 Å². The number of carbonyl (C=O) groups is 2. The van der Waals surface area contributed by atoms with Gasteiger partial charge in [0.25, 0.3) is 0 Å². The summed E-state index contributed by atoms with van der Waals surface area (Å²) in [7, 11) is 0. The van der Waals surface area contributed by atoms with Crippen molar-refractivity contribution in [3.8, 4) is 0 Å². The summed E-state index contributed by atoms with van der Waals surface area (Å²) >= 11 is 3.48. The van der Waals surface area contributed by atoms with Crippen LogP contribution in [0, 0.1) is 5.82 Å². The Morgan fingerprint density at radius 3 is 2.24 bits per heavy atom. The van der Waals surface area contributed by atoms with Crippen LogP contribution in [0.4, 0.5) is 4.39 Å². The Balaban J connectivity index is 2.00. The van der Waals surface area contributed by atoms with E-state index in [1.165, 1.54) is 6.07 Å². The molecule has 0 aliphatic carbocycles. The number of carbonyl (C=O) groups excluding carboxylic acids is 2. The van der Waals surface area contributed by atoms with Crippen molar-refractivity contribution >= 4 is 27.7 Å². The fourth-order valence-electron chi connectivity index (χ4n) is 3.75. The summed E-state index contributed by atoms with van der Waals surface area (Å²) in [6.07, 6.45) is 0.217. The third-order valence-electron chi connectivity index (χ3n) is 5.31. The summed E-state index contributed by atoms with van der Waals surface area (Å²) in [5.41, 5.74) is 1.65. The van der Waals surface area contributed by atoms with Crippen LogP contribution in [0.25, 0.3) is 0 Å². The molecule has 1 atom stereocenters. The van der Waals surface area contributed by atoms with E-state index in [1.807, 2.05) is 75.4 Å². The van der Waals surface area contributed by atoms with Crippen molar-refractivity contribution in [1.82, 2.24) is 10.2 Å². The van der Waals surface area contributed by atoms with Gasteiger partial charge in [0.05, 0.1) is 6.42 Å². The topological polar surface area (TPSA) is 49.4 Å². The smallest absolute Gasteiger partial charge is 0.243 e. The predicted octanol–water partition coefficient (Wildman–Crippen LogP) is 5.69. The highest BCUT2D eigenvalue weighted by atomic mass is 79.9. The van der Waals surface area contributed by atoms with E-state index in [-0.39, 0.29) is 24.8 Å². The van der Waals surface area contributed by atoms with Gasteiger partial charge in [0.1, 0.15) is 11.9 Å². The largest absolute Gasteiger partial charge is 0.350 e. The fraction of sp³-hybridized carbons (Fsp3) is 0.286. The molecule has 0 saturated heterocycles. The zero-order chi connectivity index (χ0) is 24.7. The molecule has 1 N–H and O–H groups in total. The molecule has 0 fully saturated rings. The molecule has 0 bridgehead atoms. The summed E-state index contributed by atoms with van der Waals surface area (Å²) in [5.74, 6) is -0.986. The maximum absolute atomic E-state index is 14.4. The molecule has 0 spiro atoms. The van der Waals surface area contributed by atoms with E-state index in [1.54, 1.807) is 23.1 Å². The van der Waals surface area contributed by atoms with Gasteiger partial charge in [-0.2, -0.15) is 0 Å². The molecule has 0 aliphatic heterocycles. The minimum Gasteiger partial charge on any atom is -0.350 e. The number of nitrogens with one attached hydrogen (secondary N) is 1. The van der Waals surface area contributed by atoms with Gasteiger partial charge in [0, 0.05) is 23.0 Å². The molecule has 178 valence electrons. The van der Waals surface area contributed by atoms with Crippen LogP contribution >= 0.6 is 15.9 Å². The van der Waals surface area contributed by atoms with Gasteiger partial charge in [-0.1, -0.05) is 76.6 Å². The molecule has 3 aromatic carbocycles. The Kier molecular flexibility index (Phi) is 8.61. The molecule has 3 rings (SSSR count). The summed E-state index contributed by atoms with van der Waals surface area (Å²) in [6, 6.07) is 22.7. The number of hydrogen-bond donors (Lipinski definition) is 1. The molecule has 6 heteroatoms. The lowest BCUT2D eigenvalue weighted by molar-refractivity contribution is -0.141. The molecule has 2 amide bonds. The average molecular weight is 525 g/mol. The lowest BCUT2D eigenvalue weighted by atomic mass is 9.99. The summed E-state index contributed by atoms with van der Waals surface area (Å²) in [6.45, 7) is 5.95. The normalized spacial score (nSPS) is 12.1. The molecular weight excluding hydrogens is 495 g/mol. The quantitative estimate of drug-likeness (QED) is 0.411. The summed E-state index contributed by atoms with van der Waals surface area (Å²) < 4.78 is 15.2. The second-order valence-electron chi connectivity index (χ2n) is 9.36. The summed E-state index contributed by atoms with van der Waals surface area (Å²) in [5, 5.41) is 3.03. The minimum atomic E-state index is -0.764. The lowest BCUT2D eigenvalue weighted by Gasteiger charge is -2.34. The molecular formula is C28H30BrFN2O2. The van der Waals surface area contributed by atoms with Gasteiger partial charge in [-0.15, -0.1) is 0 Å². The SMILES string of the molecule is CC(C)(C)NC(=O)[C@@H](Cc1ccccc1)N(Cc1cccc(Br)c1)C(=O)Cc1ccccc1F. The molecule has 0 saturated carbocycles. The van der Waals surface area contributed by atoms with Gasteiger partial charge >= 0.3 is 0 Å². The van der Waals surface area contributed by atoms with Crippen LogP contribution in [0.5, 0.6) is 0 Å². The van der Waals surface area contributed by atoms with Crippen LogP contribution in [0.2, 0.25) is 0 Å². The molecule has 0 unspecified atom stereocenters. The Morgan fingerprint density at radius 2 is 1.59 bits per heavy atom. The molecule has 4 nitrogen and oxygen atoms in total. The highest BCUT2D eigenvalue weighted by Gasteiger charge is 2.32. The third kappa shape index (κ3) is 7.52. The van der Waals surface area contributed by atoms with Crippen molar-refractivity contribution in [2.45, 2.75) is 51.7 Å². The molecule has 0 radical (unpaired) electrons. The van der Waals surface area contributed by atoms with Crippen molar-refractivity contribution in [2.24, 2.45) is 0 Å². The lowest BCUT2D eigenvalue weighted by Crippen LogP contribution is -2.54. The Bertz CT molecular complexity index is 1130. The zero-order valence-corrected chi connectivity index (χ0v) is 21.3. The molecule has 34 heavy (non-hydrogen) atoms. The first-order valence-electron chi connectivity index (χ1n) is 11.3. The second-order valence-corrected chi connectivity index (χ2v) is 10.3.